The molecule has 3 nitrogen and oxygen atoms in total. The number of nitrogens with zero attached hydrogens (tertiary/aromatic N) is 1. The lowest BCUT2D eigenvalue weighted by atomic mass is 9.93. The molecule has 1 aliphatic carbocycles. The number of carbonyl (C=O) groups excluding carboxylic acids is 1. The maximum absolute atomic E-state index is 13.4. The maximum atomic E-state index is 13.4. The first-order chi connectivity index (χ1) is 14.1. The van der Waals surface area contributed by atoms with Crippen molar-refractivity contribution in [3.8, 4) is 0 Å². The summed E-state index contributed by atoms with van der Waals surface area (Å²) in [6.07, 6.45) is 5.83. The van der Waals surface area contributed by atoms with Crippen molar-refractivity contribution in [3.05, 3.63) is 82.9 Å². The smallest absolute Gasteiger partial charge is 0.243 e. The van der Waals surface area contributed by atoms with Crippen molar-refractivity contribution in [2.75, 3.05) is 19.6 Å². The standard InChI is InChI=1S/C24H26F2N2O/c25-21-7-3-19(4-8-21)24(20-5-9-22(26)10-6-20)28-13-11-17(12-14-28)15-23(29)27-16-18-1-2-18/h3-10,15,18,24H,1-2,11-14,16H2,(H,27,29). The SMILES string of the molecule is O=C(C=C1CCN(C(c2ccc(F)cc2)c2ccc(F)cc2)CC1)NCC1CC1. The van der Waals surface area contributed by atoms with Crippen LogP contribution in [0.15, 0.2) is 60.2 Å². The molecule has 0 spiro atoms. The zero-order valence-corrected chi connectivity index (χ0v) is 16.4. The molecular weight excluding hydrogens is 370 g/mol. The largest absolute Gasteiger partial charge is 0.352 e. The monoisotopic (exact) mass is 396 g/mol. The van der Waals surface area contributed by atoms with Crippen LogP contribution in [0, 0.1) is 17.6 Å². The highest BCUT2D eigenvalue weighted by Gasteiger charge is 2.26. The van der Waals surface area contributed by atoms with Gasteiger partial charge < -0.3 is 5.32 Å². The minimum absolute atomic E-state index is 0.00830. The minimum Gasteiger partial charge on any atom is -0.352 e. The summed E-state index contributed by atoms with van der Waals surface area (Å²) in [6.45, 7) is 2.37. The van der Waals surface area contributed by atoms with E-state index in [1.807, 2.05) is 0 Å². The quantitative estimate of drug-likeness (QED) is 0.724. The molecule has 0 aromatic heterocycles. The second kappa shape index (κ2) is 8.87. The van der Waals surface area contributed by atoms with Gasteiger partial charge in [0.05, 0.1) is 6.04 Å². The summed E-state index contributed by atoms with van der Waals surface area (Å²) in [5.74, 6) is 0.140. The van der Waals surface area contributed by atoms with Gasteiger partial charge in [0.15, 0.2) is 0 Å². The molecule has 0 atom stereocenters. The van der Waals surface area contributed by atoms with E-state index in [1.54, 1.807) is 30.3 Å². The summed E-state index contributed by atoms with van der Waals surface area (Å²) >= 11 is 0. The molecule has 0 unspecified atom stereocenters. The topological polar surface area (TPSA) is 32.3 Å². The van der Waals surface area contributed by atoms with Crippen molar-refractivity contribution in [1.29, 1.82) is 0 Å². The van der Waals surface area contributed by atoms with E-state index >= 15 is 0 Å². The zero-order chi connectivity index (χ0) is 20.2. The average Bonchev–Trinajstić information content (AvgIpc) is 3.55. The number of amides is 1. The Bertz CT molecular complexity index is 817. The van der Waals surface area contributed by atoms with E-state index in [-0.39, 0.29) is 23.6 Å². The molecular formula is C24H26F2N2O. The molecule has 0 bridgehead atoms. The first kappa shape index (κ1) is 19.8. The number of halogens is 2. The van der Waals surface area contributed by atoms with Crippen LogP contribution in [-0.2, 0) is 4.79 Å². The normalized spacial score (nSPS) is 17.4. The Kier molecular flexibility index (Phi) is 6.05. The average molecular weight is 396 g/mol. The number of rotatable bonds is 6. The second-order valence-electron chi connectivity index (χ2n) is 8.03. The van der Waals surface area contributed by atoms with E-state index in [1.165, 1.54) is 37.1 Å². The lowest BCUT2D eigenvalue weighted by Gasteiger charge is -2.36. The van der Waals surface area contributed by atoms with Crippen LogP contribution in [0.25, 0.3) is 0 Å². The van der Waals surface area contributed by atoms with Gasteiger partial charge in [-0.1, -0.05) is 29.8 Å². The molecule has 2 aromatic carbocycles. The predicted molar refractivity (Wildman–Crippen MR) is 109 cm³/mol. The fraction of sp³-hybridized carbons (Fsp3) is 0.375. The van der Waals surface area contributed by atoms with E-state index in [0.29, 0.717) is 5.92 Å². The molecule has 1 amide bonds. The van der Waals surface area contributed by atoms with Crippen molar-refractivity contribution >= 4 is 5.91 Å². The summed E-state index contributed by atoms with van der Waals surface area (Å²) in [6, 6.07) is 13.0. The fourth-order valence-electron chi connectivity index (χ4n) is 3.92. The second-order valence-corrected chi connectivity index (χ2v) is 8.03. The Labute approximate surface area is 170 Å². The molecule has 1 aliphatic heterocycles. The van der Waals surface area contributed by atoms with Gasteiger partial charge in [0, 0.05) is 25.7 Å². The van der Waals surface area contributed by atoms with E-state index in [2.05, 4.69) is 10.2 Å². The maximum Gasteiger partial charge on any atom is 0.243 e. The van der Waals surface area contributed by atoms with Gasteiger partial charge in [0.25, 0.3) is 0 Å². The van der Waals surface area contributed by atoms with Crippen molar-refractivity contribution in [2.45, 2.75) is 31.7 Å². The predicted octanol–water partition coefficient (Wildman–Crippen LogP) is 4.60. The fourth-order valence-corrected chi connectivity index (χ4v) is 3.92. The van der Waals surface area contributed by atoms with E-state index in [9.17, 15) is 13.6 Å². The van der Waals surface area contributed by atoms with Gasteiger partial charge in [-0.25, -0.2) is 8.78 Å². The van der Waals surface area contributed by atoms with Gasteiger partial charge in [0.1, 0.15) is 11.6 Å². The molecule has 2 fully saturated rings. The van der Waals surface area contributed by atoms with Crippen LogP contribution in [0.3, 0.4) is 0 Å². The van der Waals surface area contributed by atoms with Gasteiger partial charge in [0.2, 0.25) is 5.91 Å². The Balaban J connectivity index is 1.46. The molecule has 1 N–H and O–H groups in total. The Morgan fingerprint density at radius 1 is 0.966 bits per heavy atom. The van der Waals surface area contributed by atoms with Crippen molar-refractivity contribution in [1.82, 2.24) is 10.2 Å². The molecule has 2 aromatic rings. The number of nitrogens with one attached hydrogen (secondary N) is 1. The highest BCUT2D eigenvalue weighted by Crippen LogP contribution is 2.32. The molecule has 5 heteroatoms. The minimum atomic E-state index is -0.271. The Morgan fingerprint density at radius 3 is 1.97 bits per heavy atom. The van der Waals surface area contributed by atoms with Gasteiger partial charge >= 0.3 is 0 Å². The molecule has 29 heavy (non-hydrogen) atoms. The number of benzene rings is 2. The molecule has 152 valence electrons. The van der Waals surface area contributed by atoms with E-state index < -0.39 is 0 Å². The van der Waals surface area contributed by atoms with Crippen molar-refractivity contribution in [3.63, 3.8) is 0 Å². The number of piperidine rings is 1. The van der Waals surface area contributed by atoms with Gasteiger partial charge in [-0.05, 0) is 67.0 Å². The lowest BCUT2D eigenvalue weighted by molar-refractivity contribution is -0.116. The first-order valence-electron chi connectivity index (χ1n) is 10.3. The molecule has 1 saturated carbocycles. The van der Waals surface area contributed by atoms with Crippen LogP contribution < -0.4 is 5.32 Å². The summed E-state index contributed by atoms with van der Waals surface area (Å²) in [4.78, 5) is 14.4. The highest BCUT2D eigenvalue weighted by atomic mass is 19.1. The van der Waals surface area contributed by atoms with Crippen LogP contribution in [0.2, 0.25) is 0 Å². The Hall–Kier alpha value is -2.53. The van der Waals surface area contributed by atoms with Gasteiger partial charge in [-0.3, -0.25) is 9.69 Å². The lowest BCUT2D eigenvalue weighted by Crippen LogP contribution is -2.35. The number of hydrogen-bond acceptors (Lipinski definition) is 2. The summed E-state index contributed by atoms with van der Waals surface area (Å²) in [5, 5.41) is 2.99. The van der Waals surface area contributed by atoms with E-state index in [0.717, 1.165) is 49.2 Å². The van der Waals surface area contributed by atoms with Crippen LogP contribution in [0.5, 0.6) is 0 Å². The van der Waals surface area contributed by atoms with E-state index in [4.69, 9.17) is 0 Å². The molecule has 1 saturated heterocycles. The summed E-state index contributed by atoms with van der Waals surface area (Å²) in [7, 11) is 0. The van der Waals surface area contributed by atoms with Crippen molar-refractivity contribution < 1.29 is 13.6 Å². The third-order valence-corrected chi connectivity index (χ3v) is 5.77. The third kappa shape index (κ3) is 5.30. The number of likely N-dealkylation sites (tertiary alicyclic amines) is 1. The molecule has 2 aliphatic rings. The van der Waals surface area contributed by atoms with Crippen molar-refractivity contribution in [2.24, 2.45) is 5.92 Å². The van der Waals surface area contributed by atoms with Crippen LogP contribution in [-0.4, -0.2) is 30.4 Å². The summed E-state index contributed by atoms with van der Waals surface area (Å²) in [5.41, 5.74) is 3.12. The van der Waals surface area contributed by atoms with Gasteiger partial charge in [-0.2, -0.15) is 0 Å². The number of hydrogen-bond donors (Lipinski definition) is 1. The Morgan fingerprint density at radius 2 is 1.48 bits per heavy atom. The molecule has 4 rings (SSSR count). The first-order valence-corrected chi connectivity index (χ1v) is 10.3. The molecule has 0 radical (unpaired) electrons. The van der Waals surface area contributed by atoms with Crippen LogP contribution in [0.1, 0.15) is 42.9 Å². The molecule has 1 heterocycles. The number of carbonyl (C=O) groups is 1. The van der Waals surface area contributed by atoms with Gasteiger partial charge in [-0.15, -0.1) is 0 Å². The highest BCUT2D eigenvalue weighted by molar-refractivity contribution is 5.88. The zero-order valence-electron chi connectivity index (χ0n) is 16.4. The third-order valence-electron chi connectivity index (χ3n) is 5.77. The van der Waals surface area contributed by atoms with Crippen LogP contribution >= 0.6 is 0 Å². The van der Waals surface area contributed by atoms with Crippen LogP contribution in [0.4, 0.5) is 8.78 Å². The summed E-state index contributed by atoms with van der Waals surface area (Å²) < 4.78 is 26.9.